The minimum Gasteiger partial charge on any atom is -0.140 e. The van der Waals surface area contributed by atoms with Crippen LogP contribution in [0.1, 0.15) is 75.2 Å². The molecule has 0 radical (unpaired) electrons. The van der Waals surface area contributed by atoms with Gasteiger partial charge in [0.2, 0.25) is 0 Å². The van der Waals surface area contributed by atoms with Crippen molar-refractivity contribution in [3.63, 3.8) is 0 Å². The zero-order chi connectivity index (χ0) is 15.7. The van der Waals surface area contributed by atoms with Crippen LogP contribution in [0.3, 0.4) is 0 Å². The summed E-state index contributed by atoms with van der Waals surface area (Å²) in [6.45, 7) is 20.8. The fourth-order valence-corrected chi connectivity index (χ4v) is 7.40. The first-order chi connectivity index (χ1) is 8.06. The zero-order valence-corrected chi connectivity index (χ0v) is 17.1. The molecule has 0 aliphatic carbocycles. The highest BCUT2D eigenvalue weighted by atomic mass is 32.9. The molecule has 0 aromatic heterocycles. The Morgan fingerprint density at radius 1 is 0.947 bits per heavy atom. The summed E-state index contributed by atoms with van der Waals surface area (Å²) in [5.74, 6) is 0.669. The van der Waals surface area contributed by atoms with E-state index in [-0.39, 0.29) is 5.16 Å². The summed E-state index contributed by atoms with van der Waals surface area (Å²) in [7, 11) is 0. The number of thiol groups is 1. The third kappa shape index (κ3) is 8.12. The van der Waals surface area contributed by atoms with Gasteiger partial charge in [0.05, 0.1) is 0 Å². The van der Waals surface area contributed by atoms with Crippen LogP contribution in [0.2, 0.25) is 0 Å². The normalized spacial score (nSPS) is 19.1. The quantitative estimate of drug-likeness (QED) is 0.439. The number of rotatable bonds is 5. The monoisotopic (exact) mass is 322 g/mol. The summed E-state index contributed by atoms with van der Waals surface area (Å²) >= 11 is 11.0. The molecule has 0 bridgehead atoms. The molecule has 0 saturated carbocycles. The summed E-state index contributed by atoms with van der Waals surface area (Å²) in [5, 5.41) is -1.43. The predicted octanol–water partition coefficient (Wildman–Crippen LogP) is 6.60. The highest BCUT2D eigenvalue weighted by Gasteiger charge is 2.37. The second kappa shape index (κ2) is 6.41. The molecule has 3 heteroatoms. The Labute approximate surface area is 132 Å². The minimum atomic E-state index is -1.61. The van der Waals surface area contributed by atoms with E-state index >= 15 is 0 Å². The first-order valence-corrected chi connectivity index (χ1v) is 11.5. The van der Waals surface area contributed by atoms with Gasteiger partial charge >= 0.3 is 0 Å². The third-order valence-corrected chi connectivity index (χ3v) is 10.6. The molecule has 19 heavy (non-hydrogen) atoms. The maximum absolute atomic E-state index is 5.99. The Morgan fingerprint density at radius 3 is 1.68 bits per heavy atom. The van der Waals surface area contributed by atoms with Crippen LogP contribution in [0.25, 0.3) is 0 Å². The molecular weight excluding hydrogens is 287 g/mol. The predicted molar refractivity (Wildman–Crippen MR) is 99.5 cm³/mol. The average Bonchev–Trinajstić information content (AvgIpc) is 1.91. The first-order valence-electron chi connectivity index (χ1n) is 7.38. The van der Waals surface area contributed by atoms with Crippen molar-refractivity contribution < 1.29 is 0 Å². The summed E-state index contributed by atoms with van der Waals surface area (Å²) in [5.41, 5.74) is 0.709. The van der Waals surface area contributed by atoms with E-state index in [1.54, 1.807) is 0 Å². The lowest BCUT2D eigenvalue weighted by molar-refractivity contribution is 0.318. The Bertz CT molecular complexity index is 332. The van der Waals surface area contributed by atoms with Gasteiger partial charge in [-0.1, -0.05) is 74.1 Å². The van der Waals surface area contributed by atoms with E-state index in [4.69, 9.17) is 24.1 Å². The van der Waals surface area contributed by atoms with E-state index in [1.165, 1.54) is 6.42 Å². The lowest BCUT2D eigenvalue weighted by atomic mass is 9.85. The van der Waals surface area contributed by atoms with Crippen molar-refractivity contribution in [3.05, 3.63) is 0 Å². The Hall–Kier alpha value is 1.00. The molecule has 0 amide bonds. The third-order valence-electron chi connectivity index (χ3n) is 3.43. The average molecular weight is 323 g/mol. The number of hydrogen-bond acceptors (Lipinski definition) is 1. The van der Waals surface area contributed by atoms with Crippen LogP contribution in [0.4, 0.5) is 0 Å². The van der Waals surface area contributed by atoms with E-state index in [1.807, 2.05) is 0 Å². The molecule has 0 fully saturated rings. The maximum atomic E-state index is 5.99. The molecule has 0 heterocycles. The van der Waals surface area contributed by atoms with Crippen molar-refractivity contribution >= 4 is 29.3 Å². The Kier molecular flexibility index (Phi) is 6.74. The van der Waals surface area contributed by atoms with Gasteiger partial charge in [0.25, 0.3) is 0 Å². The van der Waals surface area contributed by atoms with Crippen LogP contribution in [0.15, 0.2) is 0 Å². The van der Waals surface area contributed by atoms with Crippen LogP contribution in [-0.4, -0.2) is 11.3 Å². The van der Waals surface area contributed by atoms with Crippen molar-refractivity contribution in [3.8, 4) is 0 Å². The largest absolute Gasteiger partial charge is 0.140 e. The van der Waals surface area contributed by atoms with Crippen LogP contribution < -0.4 is 0 Å². The summed E-state index contributed by atoms with van der Waals surface area (Å²) < 4.78 is 0. The highest BCUT2D eigenvalue weighted by molar-refractivity contribution is 8.63. The SMILES string of the molecule is CC(CC(C)(C)C)CP(=S)(S)C(C)(C)CC(C)(C)C. The van der Waals surface area contributed by atoms with Gasteiger partial charge in [-0.2, -0.15) is 0 Å². The van der Waals surface area contributed by atoms with E-state index in [2.05, 4.69) is 62.3 Å². The van der Waals surface area contributed by atoms with E-state index in [9.17, 15) is 0 Å². The molecule has 0 aromatic rings. The first kappa shape index (κ1) is 20.0. The van der Waals surface area contributed by atoms with Gasteiger partial charge in [0, 0.05) is 10.4 Å². The van der Waals surface area contributed by atoms with E-state index < -0.39 is 5.24 Å². The molecule has 0 spiro atoms. The topological polar surface area (TPSA) is 0 Å². The van der Waals surface area contributed by atoms with E-state index in [0.29, 0.717) is 16.7 Å². The molecule has 0 rings (SSSR count). The fourth-order valence-electron chi connectivity index (χ4n) is 3.20. The molecule has 0 aliphatic heterocycles. The minimum absolute atomic E-state index is 0.176. The van der Waals surface area contributed by atoms with Crippen molar-refractivity contribution in [2.24, 2.45) is 16.7 Å². The standard InChI is InChI=1S/C16H35PS2/c1-13(10-14(2,3)4)11-17(18,19)16(8,9)12-15(5,6)7/h13H,10-12H2,1-9H3,(H,18,19). The fraction of sp³-hybridized carbons (Fsp3) is 1.00. The van der Waals surface area contributed by atoms with Crippen molar-refractivity contribution in [1.82, 2.24) is 0 Å². The molecule has 0 aromatic carbocycles. The van der Waals surface area contributed by atoms with E-state index in [0.717, 1.165) is 12.6 Å². The second-order valence-corrected chi connectivity index (χ2v) is 17.0. The Morgan fingerprint density at radius 2 is 1.37 bits per heavy atom. The highest BCUT2D eigenvalue weighted by Crippen LogP contribution is 2.66. The lowest BCUT2D eigenvalue weighted by Gasteiger charge is -2.41. The lowest BCUT2D eigenvalue weighted by Crippen LogP contribution is -2.28. The van der Waals surface area contributed by atoms with Gasteiger partial charge in [0.1, 0.15) is 0 Å². The molecule has 0 saturated heterocycles. The summed E-state index contributed by atoms with van der Waals surface area (Å²) in [6.07, 6.45) is 3.51. The molecule has 2 unspecified atom stereocenters. The molecule has 0 nitrogen and oxygen atoms in total. The molecule has 0 N–H and O–H groups in total. The summed E-state index contributed by atoms with van der Waals surface area (Å²) in [4.78, 5) is 0. The van der Waals surface area contributed by atoms with Crippen LogP contribution >= 0.6 is 17.5 Å². The smallest absolute Gasteiger partial charge is 0.00904 e. The molecular formula is C16H35PS2. The van der Waals surface area contributed by atoms with Crippen LogP contribution in [0, 0.1) is 16.7 Å². The summed E-state index contributed by atoms with van der Waals surface area (Å²) in [6, 6.07) is 0. The second-order valence-electron chi connectivity index (χ2n) is 9.30. The van der Waals surface area contributed by atoms with Crippen molar-refractivity contribution in [2.75, 3.05) is 6.16 Å². The van der Waals surface area contributed by atoms with Gasteiger partial charge < -0.3 is 0 Å². The zero-order valence-electron chi connectivity index (χ0n) is 14.5. The Balaban J connectivity index is 4.83. The number of hydrogen-bond donors (Lipinski definition) is 1. The van der Waals surface area contributed by atoms with Crippen molar-refractivity contribution in [1.29, 1.82) is 0 Å². The molecule has 0 aliphatic rings. The van der Waals surface area contributed by atoms with Gasteiger partial charge in [-0.05, 0) is 35.8 Å². The van der Waals surface area contributed by atoms with Gasteiger partial charge in [-0.25, -0.2) is 0 Å². The van der Waals surface area contributed by atoms with Gasteiger partial charge in [-0.3, -0.25) is 0 Å². The van der Waals surface area contributed by atoms with Crippen molar-refractivity contribution in [2.45, 2.75) is 80.3 Å². The maximum Gasteiger partial charge on any atom is 0.00904 e. The van der Waals surface area contributed by atoms with Gasteiger partial charge in [-0.15, -0.1) is 12.2 Å². The molecule has 116 valence electrons. The molecule has 2 atom stereocenters. The van der Waals surface area contributed by atoms with Crippen LogP contribution in [-0.2, 0) is 11.8 Å². The van der Waals surface area contributed by atoms with Gasteiger partial charge in [0.15, 0.2) is 0 Å². The van der Waals surface area contributed by atoms with Crippen LogP contribution in [0.5, 0.6) is 0 Å².